The molecule has 20 heavy (non-hydrogen) atoms. The summed E-state index contributed by atoms with van der Waals surface area (Å²) in [7, 11) is -2.17. The molecule has 2 rings (SSSR count). The number of halogens is 1. The molecule has 0 aliphatic carbocycles. The Hall–Kier alpha value is -1.18. The average molecular weight is 302 g/mol. The van der Waals surface area contributed by atoms with Crippen molar-refractivity contribution in [3.05, 3.63) is 24.0 Å². The number of sulfonamides is 1. The second kappa shape index (κ2) is 6.07. The fourth-order valence-corrected chi connectivity index (χ4v) is 3.50. The summed E-state index contributed by atoms with van der Waals surface area (Å²) in [5.74, 6) is -0.437. The van der Waals surface area contributed by atoms with Crippen molar-refractivity contribution in [2.75, 3.05) is 32.5 Å². The number of hydrogen-bond acceptors (Lipinski definition) is 4. The van der Waals surface area contributed by atoms with Gasteiger partial charge in [-0.3, -0.25) is 0 Å². The van der Waals surface area contributed by atoms with E-state index in [0.29, 0.717) is 19.8 Å². The lowest BCUT2D eigenvalue weighted by atomic mass is 10.0. The Morgan fingerprint density at radius 3 is 2.65 bits per heavy atom. The van der Waals surface area contributed by atoms with Crippen LogP contribution in [-0.4, -0.2) is 39.5 Å². The first kappa shape index (κ1) is 15.2. The van der Waals surface area contributed by atoms with Crippen LogP contribution in [0.4, 0.5) is 10.1 Å². The quantitative estimate of drug-likeness (QED) is 0.855. The second-order valence-electron chi connectivity index (χ2n) is 5.02. The minimum atomic E-state index is -3.68. The van der Waals surface area contributed by atoms with Gasteiger partial charge in [0.25, 0.3) is 0 Å². The molecule has 0 bridgehead atoms. The standard InChI is InChI=1S/C13H19FN2O3S/c1-16(9-10-4-6-19-7-5-10)20(17,18)11-2-3-13(15)12(14)8-11/h2-3,8,10H,4-7,9,15H2,1H3. The highest BCUT2D eigenvalue weighted by molar-refractivity contribution is 7.89. The van der Waals surface area contributed by atoms with Gasteiger partial charge in [0.15, 0.2) is 0 Å². The average Bonchev–Trinajstić information content (AvgIpc) is 2.42. The van der Waals surface area contributed by atoms with Gasteiger partial charge in [-0.05, 0) is 37.0 Å². The number of nitrogens with zero attached hydrogens (tertiary/aromatic N) is 1. The topological polar surface area (TPSA) is 72.6 Å². The second-order valence-corrected chi connectivity index (χ2v) is 7.07. The van der Waals surface area contributed by atoms with Gasteiger partial charge in [-0.1, -0.05) is 0 Å². The fraction of sp³-hybridized carbons (Fsp3) is 0.538. The monoisotopic (exact) mass is 302 g/mol. The zero-order valence-corrected chi connectivity index (χ0v) is 12.2. The van der Waals surface area contributed by atoms with Gasteiger partial charge in [0, 0.05) is 26.8 Å². The highest BCUT2D eigenvalue weighted by atomic mass is 32.2. The van der Waals surface area contributed by atoms with Crippen LogP contribution in [0.25, 0.3) is 0 Å². The molecule has 1 aliphatic rings. The number of nitrogens with two attached hydrogens (primary N) is 1. The summed E-state index contributed by atoms with van der Waals surface area (Å²) < 4.78 is 44.6. The molecule has 1 aromatic carbocycles. The van der Waals surface area contributed by atoms with Crippen LogP contribution in [0, 0.1) is 11.7 Å². The minimum absolute atomic E-state index is 0.0592. The number of nitrogen functional groups attached to an aromatic ring is 1. The molecule has 1 fully saturated rings. The van der Waals surface area contributed by atoms with Crippen molar-refractivity contribution in [3.63, 3.8) is 0 Å². The molecular weight excluding hydrogens is 283 g/mol. The molecule has 0 unspecified atom stereocenters. The maximum atomic E-state index is 13.4. The number of hydrogen-bond donors (Lipinski definition) is 1. The van der Waals surface area contributed by atoms with Crippen molar-refractivity contribution in [2.45, 2.75) is 17.7 Å². The molecule has 0 saturated carbocycles. The Balaban J connectivity index is 2.13. The summed E-state index contributed by atoms with van der Waals surface area (Å²) >= 11 is 0. The summed E-state index contributed by atoms with van der Waals surface area (Å²) in [6, 6.07) is 3.56. The van der Waals surface area contributed by atoms with E-state index in [1.54, 1.807) is 0 Å². The molecule has 2 N–H and O–H groups in total. The van der Waals surface area contributed by atoms with E-state index >= 15 is 0 Å². The smallest absolute Gasteiger partial charge is 0.242 e. The molecule has 0 atom stereocenters. The number of rotatable bonds is 4. The van der Waals surface area contributed by atoms with Crippen LogP contribution in [0.15, 0.2) is 23.1 Å². The molecule has 1 heterocycles. The van der Waals surface area contributed by atoms with E-state index in [4.69, 9.17) is 10.5 Å². The van der Waals surface area contributed by atoms with Gasteiger partial charge in [-0.15, -0.1) is 0 Å². The molecule has 112 valence electrons. The Morgan fingerprint density at radius 2 is 2.05 bits per heavy atom. The van der Waals surface area contributed by atoms with Crippen LogP contribution in [-0.2, 0) is 14.8 Å². The lowest BCUT2D eigenvalue weighted by Crippen LogP contribution is -2.34. The Labute approximate surface area is 118 Å². The third-order valence-electron chi connectivity index (χ3n) is 3.54. The van der Waals surface area contributed by atoms with E-state index in [-0.39, 0.29) is 16.5 Å². The van der Waals surface area contributed by atoms with Gasteiger partial charge >= 0.3 is 0 Å². The van der Waals surface area contributed by atoms with Gasteiger partial charge in [0.2, 0.25) is 10.0 Å². The van der Waals surface area contributed by atoms with Crippen molar-refractivity contribution in [3.8, 4) is 0 Å². The summed E-state index contributed by atoms with van der Waals surface area (Å²) in [6.07, 6.45) is 1.69. The summed E-state index contributed by atoms with van der Waals surface area (Å²) in [5.41, 5.74) is 5.30. The lowest BCUT2D eigenvalue weighted by Gasteiger charge is -2.26. The third kappa shape index (κ3) is 3.28. The van der Waals surface area contributed by atoms with Gasteiger partial charge in [0.05, 0.1) is 10.6 Å². The van der Waals surface area contributed by atoms with Crippen LogP contribution in [0.1, 0.15) is 12.8 Å². The number of ether oxygens (including phenoxy) is 1. The molecule has 5 nitrogen and oxygen atoms in total. The van der Waals surface area contributed by atoms with E-state index < -0.39 is 15.8 Å². The van der Waals surface area contributed by atoms with Gasteiger partial charge in [-0.2, -0.15) is 0 Å². The SMILES string of the molecule is CN(CC1CCOCC1)S(=O)(=O)c1ccc(N)c(F)c1. The molecule has 0 radical (unpaired) electrons. The molecule has 1 aromatic rings. The maximum Gasteiger partial charge on any atom is 0.242 e. The summed E-state index contributed by atoms with van der Waals surface area (Å²) in [6.45, 7) is 1.74. The molecule has 1 aliphatic heterocycles. The molecule has 0 amide bonds. The first-order chi connectivity index (χ1) is 9.41. The highest BCUT2D eigenvalue weighted by Crippen LogP contribution is 2.22. The fourth-order valence-electron chi connectivity index (χ4n) is 2.24. The molecule has 1 saturated heterocycles. The third-order valence-corrected chi connectivity index (χ3v) is 5.36. The summed E-state index contributed by atoms with van der Waals surface area (Å²) in [5, 5.41) is 0. The Bertz CT molecular complexity index is 571. The normalized spacial score (nSPS) is 17.6. The largest absolute Gasteiger partial charge is 0.396 e. The van der Waals surface area contributed by atoms with Crippen molar-refractivity contribution in [2.24, 2.45) is 5.92 Å². The van der Waals surface area contributed by atoms with Crippen LogP contribution in [0.2, 0.25) is 0 Å². The number of anilines is 1. The van der Waals surface area contributed by atoms with Crippen LogP contribution >= 0.6 is 0 Å². The van der Waals surface area contributed by atoms with E-state index in [0.717, 1.165) is 18.9 Å². The minimum Gasteiger partial charge on any atom is -0.396 e. The molecule has 7 heteroatoms. The van der Waals surface area contributed by atoms with Crippen molar-refractivity contribution in [1.82, 2.24) is 4.31 Å². The zero-order chi connectivity index (χ0) is 14.8. The zero-order valence-electron chi connectivity index (χ0n) is 11.4. The van der Waals surface area contributed by atoms with Crippen molar-refractivity contribution < 1.29 is 17.5 Å². The van der Waals surface area contributed by atoms with E-state index in [1.165, 1.54) is 23.5 Å². The molecule has 0 spiro atoms. The van der Waals surface area contributed by atoms with Gasteiger partial charge in [-0.25, -0.2) is 17.1 Å². The maximum absolute atomic E-state index is 13.4. The lowest BCUT2D eigenvalue weighted by molar-refractivity contribution is 0.0620. The summed E-state index contributed by atoms with van der Waals surface area (Å²) in [4.78, 5) is -0.0706. The first-order valence-corrected chi connectivity index (χ1v) is 7.94. The van der Waals surface area contributed by atoms with Gasteiger partial charge < -0.3 is 10.5 Å². The highest BCUT2D eigenvalue weighted by Gasteiger charge is 2.25. The van der Waals surface area contributed by atoms with Crippen molar-refractivity contribution in [1.29, 1.82) is 0 Å². The Morgan fingerprint density at radius 1 is 1.40 bits per heavy atom. The molecular formula is C13H19FN2O3S. The predicted molar refractivity (Wildman–Crippen MR) is 74.2 cm³/mol. The Kier molecular flexibility index (Phi) is 4.62. The van der Waals surface area contributed by atoms with E-state index in [1.807, 2.05) is 0 Å². The van der Waals surface area contributed by atoms with E-state index in [2.05, 4.69) is 0 Å². The van der Waals surface area contributed by atoms with Crippen LogP contribution in [0.5, 0.6) is 0 Å². The first-order valence-electron chi connectivity index (χ1n) is 6.50. The molecule has 0 aromatic heterocycles. The van der Waals surface area contributed by atoms with E-state index in [9.17, 15) is 12.8 Å². The van der Waals surface area contributed by atoms with Crippen LogP contribution in [0.3, 0.4) is 0 Å². The van der Waals surface area contributed by atoms with Crippen molar-refractivity contribution >= 4 is 15.7 Å². The number of benzene rings is 1. The predicted octanol–water partition coefficient (Wildman–Crippen LogP) is 1.45. The van der Waals surface area contributed by atoms with Crippen LogP contribution < -0.4 is 5.73 Å². The van der Waals surface area contributed by atoms with Gasteiger partial charge in [0.1, 0.15) is 5.82 Å².